The summed E-state index contributed by atoms with van der Waals surface area (Å²) < 4.78 is 5.88. The molecule has 0 spiro atoms. The normalized spacial score (nSPS) is 11.1. The summed E-state index contributed by atoms with van der Waals surface area (Å²) in [5, 5.41) is 17.7. The molecule has 0 aliphatic heterocycles. The minimum atomic E-state index is -0.801. The van der Waals surface area contributed by atoms with Crippen molar-refractivity contribution in [2.24, 2.45) is 0 Å². The molecule has 6 heteroatoms. The number of rotatable bonds is 22. The number of hydrogen-bond donors (Lipinski definition) is 2. The van der Waals surface area contributed by atoms with Crippen LogP contribution in [0.1, 0.15) is 102 Å². The summed E-state index contributed by atoms with van der Waals surface area (Å²) in [7, 11) is 0. The average molecular weight is 464 g/mol. The summed E-state index contributed by atoms with van der Waals surface area (Å²) in [6.07, 6.45) is 14.5. The maximum absolute atomic E-state index is 10.8. The molecule has 1 aromatic carbocycles. The third-order valence-corrected chi connectivity index (χ3v) is 5.83. The van der Waals surface area contributed by atoms with Crippen LogP contribution in [0.3, 0.4) is 0 Å². The van der Waals surface area contributed by atoms with Crippen molar-refractivity contribution < 1.29 is 24.5 Å². The molecule has 0 heterocycles. The van der Waals surface area contributed by atoms with Gasteiger partial charge in [-0.25, -0.2) is 0 Å². The van der Waals surface area contributed by atoms with Crippen molar-refractivity contribution >= 4 is 11.9 Å². The first kappa shape index (κ1) is 29.0. The van der Waals surface area contributed by atoms with Gasteiger partial charge < -0.3 is 14.9 Å². The maximum Gasteiger partial charge on any atom is 0.303 e. The molecule has 188 valence electrons. The van der Waals surface area contributed by atoms with E-state index in [4.69, 9.17) is 14.9 Å². The van der Waals surface area contributed by atoms with E-state index < -0.39 is 11.9 Å². The van der Waals surface area contributed by atoms with Crippen molar-refractivity contribution in [3.63, 3.8) is 0 Å². The Bertz CT molecular complexity index is 612. The van der Waals surface area contributed by atoms with E-state index in [1.165, 1.54) is 57.8 Å². The zero-order chi connectivity index (χ0) is 24.2. The predicted molar refractivity (Wildman–Crippen MR) is 133 cm³/mol. The van der Waals surface area contributed by atoms with Crippen LogP contribution < -0.4 is 4.74 Å². The van der Waals surface area contributed by atoms with Crippen LogP contribution in [0, 0.1) is 0 Å². The highest BCUT2D eigenvalue weighted by atomic mass is 16.5. The molecule has 0 unspecified atom stereocenters. The highest BCUT2D eigenvalue weighted by Crippen LogP contribution is 2.16. The second kappa shape index (κ2) is 19.4. The van der Waals surface area contributed by atoms with Crippen molar-refractivity contribution in [3.8, 4) is 5.75 Å². The third-order valence-electron chi connectivity index (χ3n) is 5.83. The van der Waals surface area contributed by atoms with Gasteiger partial charge in [-0.15, -0.1) is 0 Å². The second-order valence-electron chi connectivity index (χ2n) is 8.95. The first-order valence-electron chi connectivity index (χ1n) is 12.9. The smallest absolute Gasteiger partial charge is 0.303 e. The van der Waals surface area contributed by atoms with Crippen LogP contribution in [0.25, 0.3) is 0 Å². The molecule has 1 rings (SSSR count). The molecule has 6 nitrogen and oxygen atoms in total. The van der Waals surface area contributed by atoms with Gasteiger partial charge in [-0.1, -0.05) is 76.8 Å². The molecule has 0 fully saturated rings. The molecule has 0 atom stereocenters. The largest absolute Gasteiger partial charge is 0.494 e. The van der Waals surface area contributed by atoms with Gasteiger partial charge in [0.2, 0.25) is 0 Å². The lowest BCUT2D eigenvalue weighted by atomic mass is 10.1. The molecule has 0 aliphatic rings. The van der Waals surface area contributed by atoms with E-state index in [-0.39, 0.29) is 12.8 Å². The van der Waals surface area contributed by atoms with E-state index in [9.17, 15) is 9.59 Å². The Kier molecular flexibility index (Phi) is 17.0. The fourth-order valence-electron chi connectivity index (χ4n) is 3.91. The van der Waals surface area contributed by atoms with Gasteiger partial charge in [-0.05, 0) is 50.0 Å². The van der Waals surface area contributed by atoms with Crippen molar-refractivity contribution in [3.05, 3.63) is 29.8 Å². The molecule has 0 saturated carbocycles. The number of carboxylic acids is 2. The maximum atomic E-state index is 10.8. The minimum absolute atomic E-state index is 0.126. The predicted octanol–water partition coefficient (Wildman–Crippen LogP) is 6.52. The van der Waals surface area contributed by atoms with Crippen LogP contribution >= 0.6 is 0 Å². The van der Waals surface area contributed by atoms with Gasteiger partial charge in [0, 0.05) is 19.4 Å². The minimum Gasteiger partial charge on any atom is -0.494 e. The topological polar surface area (TPSA) is 87.1 Å². The Morgan fingerprint density at radius 2 is 1.21 bits per heavy atom. The quantitative estimate of drug-likeness (QED) is 0.190. The van der Waals surface area contributed by atoms with E-state index in [0.29, 0.717) is 32.5 Å². The van der Waals surface area contributed by atoms with Crippen LogP contribution in [-0.4, -0.2) is 46.7 Å². The van der Waals surface area contributed by atoms with E-state index in [0.717, 1.165) is 24.3 Å². The Hall–Kier alpha value is -2.08. The molecule has 0 amide bonds. The number of aliphatic carboxylic acids is 2. The highest BCUT2D eigenvalue weighted by Gasteiger charge is 2.09. The van der Waals surface area contributed by atoms with Crippen molar-refractivity contribution in [1.29, 1.82) is 0 Å². The molecular weight excluding hydrogens is 418 g/mol. The van der Waals surface area contributed by atoms with Gasteiger partial charge in [-0.2, -0.15) is 0 Å². The molecule has 1 aromatic rings. The first-order valence-corrected chi connectivity index (χ1v) is 12.9. The van der Waals surface area contributed by atoms with Gasteiger partial charge >= 0.3 is 11.9 Å². The Morgan fingerprint density at radius 3 is 1.70 bits per heavy atom. The fourth-order valence-corrected chi connectivity index (χ4v) is 3.91. The SMILES string of the molecule is CCCCCCCCCCCCOc1ccc(CN(CCCC(=O)O)CCCC(=O)O)cc1. The summed E-state index contributed by atoms with van der Waals surface area (Å²) in [4.78, 5) is 23.7. The van der Waals surface area contributed by atoms with Crippen molar-refractivity contribution in [2.45, 2.75) is 103 Å². The van der Waals surface area contributed by atoms with Crippen molar-refractivity contribution in [1.82, 2.24) is 4.90 Å². The summed E-state index contributed by atoms with van der Waals surface area (Å²) in [6, 6.07) is 8.04. The molecule has 0 radical (unpaired) electrons. The molecule has 33 heavy (non-hydrogen) atoms. The van der Waals surface area contributed by atoms with Gasteiger partial charge in [-0.3, -0.25) is 14.5 Å². The number of carboxylic acid groups (broad SMARTS) is 2. The molecule has 0 bridgehead atoms. The zero-order valence-electron chi connectivity index (χ0n) is 20.6. The lowest BCUT2D eigenvalue weighted by molar-refractivity contribution is -0.138. The van der Waals surface area contributed by atoms with Crippen molar-refractivity contribution in [2.75, 3.05) is 19.7 Å². The molecule has 2 N–H and O–H groups in total. The number of ether oxygens (including phenoxy) is 1. The molecule has 0 aliphatic carbocycles. The van der Waals surface area contributed by atoms with E-state index >= 15 is 0 Å². The number of nitrogens with zero attached hydrogens (tertiary/aromatic N) is 1. The zero-order valence-corrected chi connectivity index (χ0v) is 20.6. The van der Waals surface area contributed by atoms with Crippen LogP contribution in [0.4, 0.5) is 0 Å². The number of hydrogen-bond acceptors (Lipinski definition) is 4. The molecular formula is C27H45NO5. The Labute approximate surface area is 200 Å². The van der Waals surface area contributed by atoms with Gasteiger partial charge in [0.05, 0.1) is 6.61 Å². The van der Waals surface area contributed by atoms with Crippen LogP contribution in [0.2, 0.25) is 0 Å². The third kappa shape index (κ3) is 17.1. The first-order chi connectivity index (χ1) is 16.0. The average Bonchev–Trinajstić information content (AvgIpc) is 2.78. The summed E-state index contributed by atoms with van der Waals surface area (Å²) in [5.74, 6) is -0.730. The lowest BCUT2D eigenvalue weighted by Gasteiger charge is -2.22. The summed E-state index contributed by atoms with van der Waals surface area (Å²) >= 11 is 0. The van der Waals surface area contributed by atoms with Gasteiger partial charge in [0.15, 0.2) is 0 Å². The number of unbranched alkanes of at least 4 members (excludes halogenated alkanes) is 9. The van der Waals surface area contributed by atoms with E-state index in [2.05, 4.69) is 11.8 Å². The van der Waals surface area contributed by atoms with Gasteiger partial charge in [0.1, 0.15) is 5.75 Å². The summed E-state index contributed by atoms with van der Waals surface area (Å²) in [5.41, 5.74) is 1.12. The molecule has 0 aromatic heterocycles. The second-order valence-corrected chi connectivity index (χ2v) is 8.95. The fraction of sp³-hybridized carbons (Fsp3) is 0.704. The van der Waals surface area contributed by atoms with E-state index in [1.54, 1.807) is 0 Å². The Balaban J connectivity index is 2.24. The highest BCUT2D eigenvalue weighted by molar-refractivity contribution is 5.66. The standard InChI is InChI=1S/C27H45NO5/c1-2-3-4-5-6-7-8-9-10-11-22-33-25-18-16-24(17-19-25)23-28(20-12-14-26(29)30)21-13-15-27(31)32/h16-19H,2-15,20-23H2,1H3,(H,29,30)(H,31,32). The van der Waals surface area contributed by atoms with Crippen LogP contribution in [0.5, 0.6) is 5.75 Å². The van der Waals surface area contributed by atoms with Gasteiger partial charge in [0.25, 0.3) is 0 Å². The van der Waals surface area contributed by atoms with Crippen LogP contribution in [-0.2, 0) is 16.1 Å². The molecule has 0 saturated heterocycles. The van der Waals surface area contributed by atoms with E-state index in [1.807, 2.05) is 24.3 Å². The monoisotopic (exact) mass is 463 g/mol. The number of benzene rings is 1. The summed E-state index contributed by atoms with van der Waals surface area (Å²) in [6.45, 7) is 4.96. The Morgan fingerprint density at radius 1 is 0.727 bits per heavy atom. The lowest BCUT2D eigenvalue weighted by Crippen LogP contribution is -2.26. The van der Waals surface area contributed by atoms with Crippen LogP contribution in [0.15, 0.2) is 24.3 Å². The number of carbonyl (C=O) groups is 2.